The van der Waals surface area contributed by atoms with Crippen molar-refractivity contribution >= 4 is 23.2 Å². The van der Waals surface area contributed by atoms with E-state index in [2.05, 4.69) is 25.7 Å². The molecule has 0 saturated heterocycles. The average molecular weight is 406 g/mol. The van der Waals surface area contributed by atoms with Crippen molar-refractivity contribution in [2.24, 2.45) is 0 Å². The zero-order valence-corrected chi connectivity index (χ0v) is 16.1. The van der Waals surface area contributed by atoms with Gasteiger partial charge in [0.2, 0.25) is 5.88 Å². The number of aromatic nitrogens is 4. The molecule has 144 valence electrons. The molecule has 7 nitrogen and oxygen atoms in total. The summed E-state index contributed by atoms with van der Waals surface area (Å²) in [5.74, 6) is 0.617. The number of benzene rings is 2. The lowest BCUT2D eigenvalue weighted by Gasteiger charge is -2.07. The Labute approximate surface area is 171 Å². The van der Waals surface area contributed by atoms with Crippen LogP contribution in [0.2, 0.25) is 5.15 Å². The van der Waals surface area contributed by atoms with Gasteiger partial charge in [-0.2, -0.15) is 5.10 Å². The number of ether oxygens (including phenoxy) is 1. The van der Waals surface area contributed by atoms with Gasteiger partial charge in [0.15, 0.2) is 5.15 Å². The summed E-state index contributed by atoms with van der Waals surface area (Å²) in [7, 11) is 0. The van der Waals surface area contributed by atoms with Crippen molar-refractivity contribution in [2.45, 2.75) is 6.92 Å². The third kappa shape index (κ3) is 4.25. The van der Waals surface area contributed by atoms with E-state index in [4.69, 9.17) is 16.3 Å². The van der Waals surface area contributed by atoms with Crippen LogP contribution in [0.5, 0.6) is 11.6 Å². The number of nitrogens with zero attached hydrogens (tertiary/aromatic N) is 3. The van der Waals surface area contributed by atoms with E-state index in [0.717, 1.165) is 16.8 Å². The predicted octanol–water partition coefficient (Wildman–Crippen LogP) is 4.87. The second-order valence-electron chi connectivity index (χ2n) is 6.21. The molecule has 0 aliphatic carbocycles. The van der Waals surface area contributed by atoms with E-state index in [-0.39, 0.29) is 5.91 Å². The maximum Gasteiger partial charge on any atom is 0.273 e. The molecule has 4 aromatic rings. The molecule has 0 aliphatic heterocycles. The Hall–Kier alpha value is -3.71. The van der Waals surface area contributed by atoms with Crippen molar-refractivity contribution < 1.29 is 9.53 Å². The van der Waals surface area contributed by atoms with Gasteiger partial charge in [0.1, 0.15) is 11.4 Å². The molecule has 1 amide bonds. The molecule has 2 heterocycles. The first kappa shape index (κ1) is 18.6. The highest BCUT2D eigenvalue weighted by Gasteiger charge is 2.17. The molecule has 2 aromatic carbocycles. The van der Waals surface area contributed by atoms with Crippen LogP contribution in [-0.4, -0.2) is 26.3 Å². The van der Waals surface area contributed by atoms with Gasteiger partial charge in [0, 0.05) is 22.9 Å². The third-order valence-corrected chi connectivity index (χ3v) is 4.43. The van der Waals surface area contributed by atoms with Crippen LogP contribution >= 0.6 is 11.6 Å². The van der Waals surface area contributed by atoms with Crippen LogP contribution in [-0.2, 0) is 0 Å². The number of amides is 1. The Morgan fingerprint density at radius 1 is 1.00 bits per heavy atom. The monoisotopic (exact) mass is 405 g/mol. The fourth-order valence-electron chi connectivity index (χ4n) is 2.77. The van der Waals surface area contributed by atoms with Gasteiger partial charge in [-0.1, -0.05) is 41.9 Å². The molecular weight excluding hydrogens is 390 g/mol. The van der Waals surface area contributed by atoms with Crippen LogP contribution in [0.1, 0.15) is 16.1 Å². The quantitative estimate of drug-likeness (QED) is 0.494. The molecular formula is C21H16ClN5O2. The third-order valence-electron chi connectivity index (χ3n) is 4.23. The predicted molar refractivity (Wildman–Crippen MR) is 110 cm³/mol. The number of carbonyl (C=O) groups excluding carboxylic acids is 1. The largest absolute Gasteiger partial charge is 0.438 e. The summed E-state index contributed by atoms with van der Waals surface area (Å²) < 4.78 is 5.59. The Kier molecular flexibility index (Phi) is 5.22. The first-order valence-electron chi connectivity index (χ1n) is 8.79. The standard InChI is InChI=1S/C21H16ClN5O2/c1-13-19(14-5-3-2-4-6-14)26-27-20(13)21(28)23-15-7-9-16(10-8-15)29-18-12-11-17(22)24-25-18/h2-12H,1H3,(H,23,28)(H,26,27). The number of anilines is 1. The number of H-pyrrole nitrogens is 1. The number of hydrogen-bond donors (Lipinski definition) is 2. The smallest absolute Gasteiger partial charge is 0.273 e. The van der Waals surface area contributed by atoms with Gasteiger partial charge in [-0.05, 0) is 37.3 Å². The Balaban J connectivity index is 1.45. The zero-order valence-electron chi connectivity index (χ0n) is 15.4. The van der Waals surface area contributed by atoms with Gasteiger partial charge < -0.3 is 10.1 Å². The zero-order chi connectivity index (χ0) is 20.2. The summed E-state index contributed by atoms with van der Waals surface area (Å²) in [6.07, 6.45) is 0. The number of hydrogen-bond acceptors (Lipinski definition) is 5. The molecule has 29 heavy (non-hydrogen) atoms. The summed E-state index contributed by atoms with van der Waals surface area (Å²) in [4.78, 5) is 12.6. The molecule has 0 unspecified atom stereocenters. The SMILES string of the molecule is Cc1c(-c2ccccc2)n[nH]c1C(=O)Nc1ccc(Oc2ccc(Cl)nn2)cc1. The number of halogens is 1. The molecule has 0 radical (unpaired) electrons. The molecule has 0 saturated carbocycles. The number of rotatable bonds is 5. The lowest BCUT2D eigenvalue weighted by atomic mass is 10.1. The van der Waals surface area contributed by atoms with Crippen molar-refractivity contribution in [3.63, 3.8) is 0 Å². The van der Waals surface area contributed by atoms with Crippen LogP contribution in [0, 0.1) is 6.92 Å². The second kappa shape index (κ2) is 8.12. The van der Waals surface area contributed by atoms with E-state index in [1.54, 1.807) is 36.4 Å². The highest BCUT2D eigenvalue weighted by atomic mass is 35.5. The van der Waals surface area contributed by atoms with E-state index >= 15 is 0 Å². The van der Waals surface area contributed by atoms with Gasteiger partial charge in [-0.25, -0.2) is 0 Å². The molecule has 0 atom stereocenters. The van der Waals surface area contributed by atoms with E-state index < -0.39 is 0 Å². The molecule has 2 N–H and O–H groups in total. The van der Waals surface area contributed by atoms with Gasteiger partial charge in [0.25, 0.3) is 5.91 Å². The van der Waals surface area contributed by atoms with Crippen LogP contribution in [0.4, 0.5) is 5.69 Å². The van der Waals surface area contributed by atoms with E-state index in [9.17, 15) is 4.79 Å². The Morgan fingerprint density at radius 3 is 2.45 bits per heavy atom. The maximum atomic E-state index is 12.6. The summed E-state index contributed by atoms with van der Waals surface area (Å²) in [6, 6.07) is 19.8. The average Bonchev–Trinajstić information content (AvgIpc) is 3.13. The van der Waals surface area contributed by atoms with Crippen LogP contribution in [0.15, 0.2) is 66.7 Å². The fraction of sp³-hybridized carbons (Fsp3) is 0.0476. The first-order valence-corrected chi connectivity index (χ1v) is 9.17. The molecule has 8 heteroatoms. The van der Waals surface area contributed by atoms with Crippen LogP contribution < -0.4 is 10.1 Å². The van der Waals surface area contributed by atoms with Crippen molar-refractivity contribution in [2.75, 3.05) is 5.32 Å². The molecule has 0 aliphatic rings. The van der Waals surface area contributed by atoms with Crippen LogP contribution in [0.3, 0.4) is 0 Å². The second-order valence-corrected chi connectivity index (χ2v) is 6.60. The van der Waals surface area contributed by atoms with E-state index in [0.29, 0.717) is 28.2 Å². The fourth-order valence-corrected chi connectivity index (χ4v) is 2.88. The molecule has 0 fully saturated rings. The normalized spacial score (nSPS) is 10.6. The highest BCUT2D eigenvalue weighted by Crippen LogP contribution is 2.25. The summed E-state index contributed by atoms with van der Waals surface area (Å²) >= 11 is 5.71. The Bertz CT molecular complexity index is 1130. The number of nitrogens with one attached hydrogen (secondary N) is 2. The minimum Gasteiger partial charge on any atom is -0.438 e. The topological polar surface area (TPSA) is 92.8 Å². The minimum atomic E-state index is -0.269. The highest BCUT2D eigenvalue weighted by molar-refractivity contribution is 6.29. The number of aromatic amines is 1. The van der Waals surface area contributed by atoms with E-state index in [1.807, 2.05) is 37.3 Å². The van der Waals surface area contributed by atoms with Gasteiger partial charge in [-0.15, -0.1) is 10.2 Å². The Morgan fingerprint density at radius 2 is 1.76 bits per heavy atom. The van der Waals surface area contributed by atoms with Gasteiger partial charge in [0.05, 0.1) is 5.69 Å². The summed E-state index contributed by atoms with van der Waals surface area (Å²) in [6.45, 7) is 1.87. The maximum absolute atomic E-state index is 12.6. The number of carbonyl (C=O) groups is 1. The van der Waals surface area contributed by atoms with Crippen molar-refractivity contribution in [1.82, 2.24) is 20.4 Å². The lowest BCUT2D eigenvalue weighted by molar-refractivity contribution is 0.102. The van der Waals surface area contributed by atoms with Gasteiger partial charge in [-0.3, -0.25) is 9.89 Å². The molecule has 2 aromatic heterocycles. The molecule has 0 bridgehead atoms. The van der Waals surface area contributed by atoms with Crippen molar-refractivity contribution in [3.05, 3.63) is 83.1 Å². The lowest BCUT2D eigenvalue weighted by Crippen LogP contribution is -2.13. The summed E-state index contributed by atoms with van der Waals surface area (Å²) in [5.41, 5.74) is 3.53. The van der Waals surface area contributed by atoms with Crippen LogP contribution in [0.25, 0.3) is 11.3 Å². The van der Waals surface area contributed by atoms with Crippen molar-refractivity contribution in [3.8, 4) is 22.9 Å². The first-order chi connectivity index (χ1) is 14.1. The van der Waals surface area contributed by atoms with E-state index in [1.165, 1.54) is 0 Å². The summed E-state index contributed by atoms with van der Waals surface area (Å²) in [5, 5.41) is 17.8. The van der Waals surface area contributed by atoms with Crippen molar-refractivity contribution in [1.29, 1.82) is 0 Å². The molecule has 0 spiro atoms. The minimum absolute atomic E-state index is 0.269. The molecule has 4 rings (SSSR count). The van der Waals surface area contributed by atoms with Gasteiger partial charge >= 0.3 is 0 Å².